The highest BCUT2D eigenvalue weighted by molar-refractivity contribution is 7.92. The molecule has 0 aromatic heterocycles. The fourth-order valence-electron chi connectivity index (χ4n) is 1.35. The Kier molecular flexibility index (Phi) is 4.83. The predicted octanol–water partition coefficient (Wildman–Crippen LogP) is 2.84. The summed E-state index contributed by atoms with van der Waals surface area (Å²) in [6.45, 7) is 5.32. The summed E-state index contributed by atoms with van der Waals surface area (Å²) in [6.07, 6.45) is 0. The minimum Gasteiger partial charge on any atom is -0.383 e. The molecule has 0 saturated carbocycles. The Morgan fingerprint density at radius 3 is 2.47 bits per heavy atom. The van der Waals surface area contributed by atoms with Crippen molar-refractivity contribution in [1.82, 2.24) is 0 Å². The highest BCUT2D eigenvalue weighted by Gasteiger charge is 2.28. The van der Waals surface area contributed by atoms with Gasteiger partial charge in [0.15, 0.2) is 9.84 Å². The van der Waals surface area contributed by atoms with Gasteiger partial charge in [0, 0.05) is 6.54 Å². The Balaban J connectivity index is 2.68. The molecule has 1 aromatic carbocycles. The second-order valence-corrected chi connectivity index (χ2v) is 8.43. The van der Waals surface area contributed by atoms with Crippen molar-refractivity contribution in [3.63, 3.8) is 0 Å². The van der Waals surface area contributed by atoms with Crippen LogP contribution < -0.4 is 5.32 Å². The molecular weight excluding hydrogens is 284 g/mol. The molecule has 0 heterocycles. The zero-order valence-electron chi connectivity index (χ0n) is 11.2. The molecule has 1 aromatic rings. The Hall–Kier alpha value is -1.25. The number of hydrogen-bond acceptors (Lipinski definition) is 4. The van der Waals surface area contributed by atoms with Crippen LogP contribution in [0, 0.1) is 11.3 Å². The number of benzene rings is 1. The maximum absolute atomic E-state index is 11.9. The van der Waals surface area contributed by atoms with Crippen LogP contribution in [0.4, 0.5) is 5.69 Å². The molecule has 0 fully saturated rings. The van der Waals surface area contributed by atoms with Gasteiger partial charge >= 0.3 is 0 Å². The number of rotatable bonds is 4. The highest BCUT2D eigenvalue weighted by Crippen LogP contribution is 2.23. The molecule has 0 bridgehead atoms. The topological polar surface area (TPSA) is 70.0 Å². The summed E-state index contributed by atoms with van der Waals surface area (Å²) < 4.78 is 23.1. The van der Waals surface area contributed by atoms with Gasteiger partial charge in [0.2, 0.25) is 0 Å². The van der Waals surface area contributed by atoms with Crippen molar-refractivity contribution in [1.29, 1.82) is 5.26 Å². The van der Waals surface area contributed by atoms with Crippen LogP contribution in [0.1, 0.15) is 26.3 Å². The monoisotopic (exact) mass is 300 g/mol. The fourth-order valence-corrected chi connectivity index (χ4v) is 2.58. The van der Waals surface area contributed by atoms with Crippen LogP contribution in [0.15, 0.2) is 18.2 Å². The van der Waals surface area contributed by atoms with E-state index in [-0.39, 0.29) is 12.3 Å². The van der Waals surface area contributed by atoms with E-state index in [1.807, 2.05) is 6.07 Å². The van der Waals surface area contributed by atoms with Crippen LogP contribution in [0.5, 0.6) is 0 Å². The first-order valence-electron chi connectivity index (χ1n) is 5.83. The first-order chi connectivity index (χ1) is 8.67. The summed E-state index contributed by atoms with van der Waals surface area (Å²) in [5, 5.41) is 12.1. The standard InChI is InChI=1S/C13H17ClN2O2S/c1-13(2,3)19(17,18)7-6-16-12-5-4-10(9-15)8-11(12)14/h4-5,8,16H,6-7H2,1-3H3. The van der Waals surface area contributed by atoms with Crippen molar-refractivity contribution < 1.29 is 8.42 Å². The van der Waals surface area contributed by atoms with Gasteiger partial charge in [0.25, 0.3) is 0 Å². The zero-order chi connectivity index (χ0) is 14.7. The first kappa shape index (κ1) is 15.8. The van der Waals surface area contributed by atoms with Gasteiger partial charge in [-0.1, -0.05) is 11.6 Å². The average molecular weight is 301 g/mol. The van der Waals surface area contributed by atoms with E-state index >= 15 is 0 Å². The van der Waals surface area contributed by atoms with Crippen molar-refractivity contribution in [2.75, 3.05) is 17.6 Å². The zero-order valence-corrected chi connectivity index (χ0v) is 12.8. The first-order valence-corrected chi connectivity index (χ1v) is 7.86. The molecule has 1 rings (SSSR count). The van der Waals surface area contributed by atoms with Gasteiger partial charge in [0.1, 0.15) is 0 Å². The van der Waals surface area contributed by atoms with Crippen LogP contribution >= 0.6 is 11.6 Å². The molecule has 0 amide bonds. The van der Waals surface area contributed by atoms with Crippen LogP contribution in [0.3, 0.4) is 0 Å². The molecule has 0 radical (unpaired) electrons. The molecule has 0 saturated heterocycles. The molecule has 4 nitrogen and oxygen atoms in total. The van der Waals surface area contributed by atoms with Crippen molar-refractivity contribution in [2.24, 2.45) is 0 Å². The molecule has 1 N–H and O–H groups in total. The van der Waals surface area contributed by atoms with Gasteiger partial charge < -0.3 is 5.32 Å². The fraction of sp³-hybridized carbons (Fsp3) is 0.462. The lowest BCUT2D eigenvalue weighted by molar-refractivity contribution is 0.560. The molecule has 19 heavy (non-hydrogen) atoms. The lowest BCUT2D eigenvalue weighted by Gasteiger charge is -2.19. The van der Waals surface area contributed by atoms with Gasteiger partial charge in [-0.2, -0.15) is 5.26 Å². The Labute approximate surface area is 119 Å². The average Bonchev–Trinajstić information content (AvgIpc) is 2.29. The van der Waals surface area contributed by atoms with Gasteiger partial charge in [-0.3, -0.25) is 0 Å². The van der Waals surface area contributed by atoms with E-state index in [9.17, 15) is 8.42 Å². The van der Waals surface area contributed by atoms with Crippen molar-refractivity contribution >= 4 is 27.1 Å². The van der Waals surface area contributed by atoms with Crippen molar-refractivity contribution in [3.8, 4) is 6.07 Å². The lowest BCUT2D eigenvalue weighted by Crippen LogP contribution is -2.32. The van der Waals surface area contributed by atoms with Gasteiger partial charge in [-0.25, -0.2) is 8.42 Å². The molecule has 104 valence electrons. The number of sulfone groups is 1. The minimum absolute atomic E-state index is 0.0346. The van der Waals surface area contributed by atoms with E-state index in [1.165, 1.54) is 0 Å². The van der Waals surface area contributed by atoms with Gasteiger partial charge in [0.05, 0.1) is 32.8 Å². The maximum atomic E-state index is 11.9. The second-order valence-electron chi connectivity index (χ2n) is 5.16. The molecule has 6 heteroatoms. The summed E-state index contributed by atoms with van der Waals surface area (Å²) in [5.74, 6) is 0.0346. The van der Waals surface area contributed by atoms with Crippen LogP contribution in [0.2, 0.25) is 5.02 Å². The summed E-state index contributed by atoms with van der Waals surface area (Å²) in [4.78, 5) is 0. The van der Waals surface area contributed by atoms with E-state index in [1.54, 1.807) is 39.0 Å². The number of hydrogen-bond donors (Lipinski definition) is 1. The van der Waals surface area contributed by atoms with Gasteiger partial charge in [-0.05, 0) is 39.0 Å². The van der Waals surface area contributed by atoms with E-state index in [0.717, 1.165) is 0 Å². The van der Waals surface area contributed by atoms with E-state index in [2.05, 4.69) is 5.32 Å². The Morgan fingerprint density at radius 2 is 2.00 bits per heavy atom. The van der Waals surface area contributed by atoms with Crippen LogP contribution in [0.25, 0.3) is 0 Å². The summed E-state index contributed by atoms with van der Waals surface area (Å²) in [5.41, 5.74) is 1.10. The maximum Gasteiger partial charge on any atom is 0.156 e. The third-order valence-corrected chi connectivity index (χ3v) is 5.64. The SMILES string of the molecule is CC(C)(C)S(=O)(=O)CCNc1ccc(C#N)cc1Cl. The molecule has 0 aliphatic carbocycles. The third kappa shape index (κ3) is 4.12. The number of nitriles is 1. The van der Waals surface area contributed by atoms with Crippen LogP contribution in [-0.2, 0) is 9.84 Å². The number of anilines is 1. The number of nitrogens with zero attached hydrogens (tertiary/aromatic N) is 1. The Morgan fingerprint density at radius 1 is 1.37 bits per heavy atom. The molecular formula is C13H17ClN2O2S. The molecule has 0 atom stereocenters. The quantitative estimate of drug-likeness (QED) is 0.928. The summed E-state index contributed by atoms with van der Waals surface area (Å²) in [6, 6.07) is 6.83. The van der Waals surface area contributed by atoms with Crippen molar-refractivity contribution in [2.45, 2.75) is 25.5 Å². The van der Waals surface area contributed by atoms with Crippen LogP contribution in [-0.4, -0.2) is 25.5 Å². The van der Waals surface area contributed by atoms with E-state index in [4.69, 9.17) is 16.9 Å². The molecule has 0 aliphatic heterocycles. The normalized spacial score (nSPS) is 11.9. The molecule has 0 aliphatic rings. The summed E-state index contributed by atoms with van der Waals surface area (Å²) >= 11 is 5.99. The minimum atomic E-state index is -3.15. The molecule has 0 spiro atoms. The second kappa shape index (κ2) is 5.81. The number of halogens is 1. The number of nitrogens with one attached hydrogen (secondary N) is 1. The predicted molar refractivity (Wildman–Crippen MR) is 78.2 cm³/mol. The van der Waals surface area contributed by atoms with Gasteiger partial charge in [-0.15, -0.1) is 0 Å². The molecule has 0 unspecified atom stereocenters. The van der Waals surface area contributed by atoms with Crippen molar-refractivity contribution in [3.05, 3.63) is 28.8 Å². The highest BCUT2D eigenvalue weighted by atomic mass is 35.5. The van der Waals surface area contributed by atoms with E-state index < -0.39 is 14.6 Å². The van der Waals surface area contributed by atoms with E-state index in [0.29, 0.717) is 16.3 Å². The Bertz CT molecular complexity index is 598. The summed E-state index contributed by atoms with van der Waals surface area (Å²) in [7, 11) is -3.15. The largest absolute Gasteiger partial charge is 0.383 e. The third-order valence-electron chi connectivity index (χ3n) is 2.72. The smallest absolute Gasteiger partial charge is 0.156 e. The lowest BCUT2D eigenvalue weighted by atomic mass is 10.2.